The third-order valence-corrected chi connectivity index (χ3v) is 5.03. The summed E-state index contributed by atoms with van der Waals surface area (Å²) in [7, 11) is 0. The molecule has 0 unspecified atom stereocenters. The van der Waals surface area contributed by atoms with Crippen LogP contribution in [0.3, 0.4) is 0 Å². The molecule has 28 heavy (non-hydrogen) atoms. The summed E-state index contributed by atoms with van der Waals surface area (Å²) in [4.78, 5) is 25.2. The number of amides is 2. The van der Waals surface area contributed by atoms with E-state index in [0.29, 0.717) is 11.3 Å². The first-order valence-corrected chi connectivity index (χ1v) is 9.66. The van der Waals surface area contributed by atoms with Crippen LogP contribution in [-0.2, 0) is 4.79 Å². The van der Waals surface area contributed by atoms with E-state index in [0.717, 1.165) is 10.5 Å². The van der Waals surface area contributed by atoms with E-state index in [1.165, 1.54) is 23.9 Å². The number of hydrogen-bond acceptors (Lipinski definition) is 3. The Bertz CT molecular complexity index is 990. The topological polar surface area (TPSA) is 58.2 Å². The molecule has 0 bridgehead atoms. The Kier molecular flexibility index (Phi) is 6.45. The van der Waals surface area contributed by atoms with Gasteiger partial charge in [-0.15, -0.1) is 11.8 Å². The minimum absolute atomic E-state index is 0.156. The number of rotatable bonds is 6. The van der Waals surface area contributed by atoms with Crippen molar-refractivity contribution in [2.24, 2.45) is 0 Å². The Morgan fingerprint density at radius 1 is 0.893 bits per heavy atom. The lowest BCUT2D eigenvalue weighted by Gasteiger charge is -2.09. The lowest BCUT2D eigenvalue weighted by atomic mass is 10.1. The van der Waals surface area contributed by atoms with E-state index in [4.69, 9.17) is 0 Å². The van der Waals surface area contributed by atoms with Gasteiger partial charge in [0.05, 0.1) is 11.4 Å². The van der Waals surface area contributed by atoms with Gasteiger partial charge in [-0.1, -0.05) is 30.3 Å². The fourth-order valence-electron chi connectivity index (χ4n) is 2.56. The van der Waals surface area contributed by atoms with Gasteiger partial charge in [-0.2, -0.15) is 0 Å². The van der Waals surface area contributed by atoms with Crippen LogP contribution in [-0.4, -0.2) is 17.6 Å². The maximum atomic E-state index is 13.6. The Balaban J connectivity index is 1.53. The SMILES string of the molecule is Cc1ccccc1C(=O)Nc1ccc(SCC(=O)Nc2ccccc2F)cc1. The molecule has 4 nitrogen and oxygen atoms in total. The van der Waals surface area contributed by atoms with Crippen molar-refractivity contribution >= 4 is 35.0 Å². The normalized spacial score (nSPS) is 10.4. The summed E-state index contributed by atoms with van der Waals surface area (Å²) in [5.74, 6) is -0.757. The van der Waals surface area contributed by atoms with Crippen molar-refractivity contribution in [1.82, 2.24) is 0 Å². The average molecular weight is 394 g/mol. The second kappa shape index (κ2) is 9.19. The van der Waals surface area contributed by atoms with Crippen LogP contribution in [0.4, 0.5) is 15.8 Å². The predicted molar refractivity (Wildman–Crippen MR) is 111 cm³/mol. The van der Waals surface area contributed by atoms with Gasteiger partial charge in [-0.25, -0.2) is 4.39 Å². The van der Waals surface area contributed by atoms with Gasteiger partial charge in [0.2, 0.25) is 5.91 Å². The number of carbonyl (C=O) groups is 2. The number of nitrogens with one attached hydrogen (secondary N) is 2. The quantitative estimate of drug-likeness (QED) is 0.571. The van der Waals surface area contributed by atoms with Gasteiger partial charge < -0.3 is 10.6 Å². The summed E-state index contributed by atoms with van der Waals surface area (Å²) in [6, 6.07) is 20.7. The molecule has 0 aliphatic carbocycles. The number of halogens is 1. The molecule has 0 aliphatic rings. The minimum Gasteiger partial charge on any atom is -0.323 e. The van der Waals surface area contributed by atoms with Crippen LogP contribution in [0.1, 0.15) is 15.9 Å². The maximum Gasteiger partial charge on any atom is 0.255 e. The number of aryl methyl sites for hydroxylation is 1. The smallest absolute Gasteiger partial charge is 0.255 e. The highest BCUT2D eigenvalue weighted by Crippen LogP contribution is 2.22. The number of para-hydroxylation sites is 1. The van der Waals surface area contributed by atoms with Crippen LogP contribution < -0.4 is 10.6 Å². The van der Waals surface area contributed by atoms with E-state index >= 15 is 0 Å². The highest BCUT2D eigenvalue weighted by atomic mass is 32.2. The lowest BCUT2D eigenvalue weighted by molar-refractivity contribution is -0.113. The Morgan fingerprint density at radius 2 is 1.57 bits per heavy atom. The van der Waals surface area contributed by atoms with Gasteiger partial charge in [0.25, 0.3) is 5.91 Å². The molecule has 2 N–H and O–H groups in total. The van der Waals surface area contributed by atoms with Crippen molar-refractivity contribution in [1.29, 1.82) is 0 Å². The van der Waals surface area contributed by atoms with Gasteiger partial charge in [0, 0.05) is 16.1 Å². The van der Waals surface area contributed by atoms with Crippen LogP contribution in [0.2, 0.25) is 0 Å². The number of carbonyl (C=O) groups excluding carboxylic acids is 2. The van der Waals surface area contributed by atoms with Crippen molar-refractivity contribution in [3.05, 3.63) is 89.7 Å². The first kappa shape index (κ1) is 19.6. The third-order valence-electron chi connectivity index (χ3n) is 4.02. The zero-order valence-electron chi connectivity index (χ0n) is 15.2. The number of hydrogen-bond donors (Lipinski definition) is 2. The highest BCUT2D eigenvalue weighted by molar-refractivity contribution is 8.00. The Morgan fingerprint density at radius 3 is 2.29 bits per heavy atom. The molecule has 0 spiro atoms. The molecule has 3 aromatic rings. The van der Waals surface area contributed by atoms with E-state index in [1.54, 1.807) is 30.3 Å². The van der Waals surface area contributed by atoms with Crippen LogP contribution in [0, 0.1) is 12.7 Å². The number of anilines is 2. The fraction of sp³-hybridized carbons (Fsp3) is 0.0909. The predicted octanol–water partition coefficient (Wildman–Crippen LogP) is 5.12. The second-order valence-electron chi connectivity index (χ2n) is 6.11. The molecular weight excluding hydrogens is 375 g/mol. The van der Waals surface area contributed by atoms with Gasteiger partial charge in [-0.3, -0.25) is 9.59 Å². The Hall–Kier alpha value is -3.12. The summed E-state index contributed by atoms with van der Waals surface area (Å²) in [5, 5.41) is 5.41. The van der Waals surface area contributed by atoms with Gasteiger partial charge in [-0.05, 0) is 55.0 Å². The summed E-state index contributed by atoms with van der Waals surface area (Å²) in [6.45, 7) is 1.89. The zero-order chi connectivity index (χ0) is 19.9. The average Bonchev–Trinajstić information content (AvgIpc) is 2.69. The molecule has 0 radical (unpaired) electrons. The monoisotopic (exact) mass is 394 g/mol. The molecule has 2 amide bonds. The summed E-state index contributed by atoms with van der Waals surface area (Å²) in [5.41, 5.74) is 2.38. The molecule has 0 saturated carbocycles. The van der Waals surface area contributed by atoms with Crippen LogP contribution in [0.5, 0.6) is 0 Å². The molecule has 0 atom stereocenters. The van der Waals surface area contributed by atoms with Crippen LogP contribution in [0.15, 0.2) is 77.7 Å². The van der Waals surface area contributed by atoms with E-state index in [1.807, 2.05) is 37.3 Å². The number of benzene rings is 3. The van der Waals surface area contributed by atoms with Crippen molar-refractivity contribution in [3.63, 3.8) is 0 Å². The first-order valence-electron chi connectivity index (χ1n) is 8.67. The molecule has 3 aromatic carbocycles. The minimum atomic E-state index is -0.463. The van der Waals surface area contributed by atoms with Crippen molar-refractivity contribution < 1.29 is 14.0 Å². The summed E-state index contributed by atoms with van der Waals surface area (Å²) >= 11 is 1.33. The van der Waals surface area contributed by atoms with Crippen LogP contribution in [0.25, 0.3) is 0 Å². The molecule has 0 fully saturated rings. The standard InChI is InChI=1S/C22H19FN2O2S/c1-15-6-2-3-7-18(15)22(27)24-16-10-12-17(13-11-16)28-14-21(26)25-20-9-5-4-8-19(20)23/h2-13H,14H2,1H3,(H,24,27)(H,25,26). The largest absolute Gasteiger partial charge is 0.323 e. The van der Waals surface area contributed by atoms with E-state index < -0.39 is 5.82 Å². The van der Waals surface area contributed by atoms with Gasteiger partial charge in [0.1, 0.15) is 5.82 Å². The van der Waals surface area contributed by atoms with Crippen LogP contribution >= 0.6 is 11.8 Å². The molecule has 142 valence electrons. The van der Waals surface area contributed by atoms with E-state index in [2.05, 4.69) is 10.6 Å². The molecule has 0 aliphatic heterocycles. The van der Waals surface area contributed by atoms with Gasteiger partial charge in [0.15, 0.2) is 0 Å². The molecule has 0 heterocycles. The van der Waals surface area contributed by atoms with Gasteiger partial charge >= 0.3 is 0 Å². The van der Waals surface area contributed by atoms with Crippen molar-refractivity contribution in [2.45, 2.75) is 11.8 Å². The Labute approximate surface area is 167 Å². The lowest BCUT2D eigenvalue weighted by Crippen LogP contribution is -2.15. The van der Waals surface area contributed by atoms with E-state index in [9.17, 15) is 14.0 Å². The molecule has 3 rings (SSSR count). The fourth-order valence-corrected chi connectivity index (χ4v) is 3.26. The number of thioether (sulfide) groups is 1. The highest BCUT2D eigenvalue weighted by Gasteiger charge is 2.09. The maximum absolute atomic E-state index is 13.6. The first-order chi connectivity index (χ1) is 13.5. The third kappa shape index (κ3) is 5.20. The second-order valence-corrected chi connectivity index (χ2v) is 7.16. The summed E-state index contributed by atoms with van der Waals surface area (Å²) in [6.07, 6.45) is 0. The zero-order valence-corrected chi connectivity index (χ0v) is 16.1. The van der Waals surface area contributed by atoms with Crippen molar-refractivity contribution in [3.8, 4) is 0 Å². The molecule has 0 saturated heterocycles. The summed E-state index contributed by atoms with van der Waals surface area (Å²) < 4.78 is 13.6. The van der Waals surface area contributed by atoms with Crippen molar-refractivity contribution in [2.75, 3.05) is 16.4 Å². The molecule has 0 aromatic heterocycles. The van der Waals surface area contributed by atoms with E-state index in [-0.39, 0.29) is 23.3 Å². The molecule has 6 heteroatoms. The molecular formula is C22H19FN2O2S.